The van der Waals surface area contributed by atoms with E-state index < -0.39 is 10.8 Å². The second kappa shape index (κ2) is 13.1. The predicted octanol–water partition coefficient (Wildman–Crippen LogP) is 4.74. The minimum absolute atomic E-state index is 0.0228. The van der Waals surface area contributed by atoms with E-state index in [1.165, 1.54) is 12.1 Å². The molecule has 2 aliphatic heterocycles. The molecule has 2 N–H and O–H groups in total. The van der Waals surface area contributed by atoms with Crippen LogP contribution in [0.15, 0.2) is 60.7 Å². The number of anilines is 3. The van der Waals surface area contributed by atoms with Crippen LogP contribution in [0, 0.1) is 10.1 Å². The number of nitrogens with zero attached hydrogens (tertiary/aromatic N) is 3. The number of hydrogen-bond acceptors (Lipinski definition) is 8. The molecule has 0 spiro atoms. The number of nitro groups is 1. The van der Waals surface area contributed by atoms with Crippen LogP contribution in [0.3, 0.4) is 0 Å². The average molecular weight is 594 g/mol. The molecule has 3 aromatic rings. The fraction of sp³-hybridized carbons (Fsp3) is 0.333. The van der Waals surface area contributed by atoms with Crippen molar-refractivity contribution in [3.8, 4) is 5.75 Å². The van der Waals surface area contributed by atoms with Crippen molar-refractivity contribution in [2.75, 3.05) is 61.6 Å². The molecule has 0 bridgehead atoms. The van der Waals surface area contributed by atoms with E-state index >= 15 is 0 Å². The van der Waals surface area contributed by atoms with Crippen molar-refractivity contribution in [2.24, 2.45) is 0 Å². The van der Waals surface area contributed by atoms with Crippen LogP contribution in [0.25, 0.3) is 0 Å². The number of rotatable bonds is 9. The summed E-state index contributed by atoms with van der Waals surface area (Å²) in [7, 11) is 1.66. The summed E-state index contributed by atoms with van der Waals surface area (Å²) >= 11 is 5.90. The van der Waals surface area contributed by atoms with E-state index in [0.29, 0.717) is 37.5 Å². The summed E-state index contributed by atoms with van der Waals surface area (Å²) in [6.07, 6.45) is 1.83. The third-order valence-electron chi connectivity index (χ3n) is 7.46. The van der Waals surface area contributed by atoms with Gasteiger partial charge >= 0.3 is 0 Å². The number of para-hydroxylation sites is 2. The first-order valence-electron chi connectivity index (χ1n) is 13.8. The number of halogens is 1. The molecule has 5 rings (SSSR count). The number of nitrogens with one attached hydrogen (secondary N) is 2. The van der Waals surface area contributed by atoms with Crippen LogP contribution in [0.1, 0.15) is 33.6 Å². The highest BCUT2D eigenvalue weighted by Crippen LogP contribution is 2.31. The Kier molecular flexibility index (Phi) is 9.09. The fourth-order valence-corrected chi connectivity index (χ4v) is 5.44. The van der Waals surface area contributed by atoms with Gasteiger partial charge in [-0.25, -0.2) is 0 Å². The van der Waals surface area contributed by atoms with Gasteiger partial charge in [0.1, 0.15) is 10.8 Å². The summed E-state index contributed by atoms with van der Waals surface area (Å²) in [5, 5.41) is 17.0. The van der Waals surface area contributed by atoms with E-state index in [1.807, 2.05) is 30.3 Å². The third kappa shape index (κ3) is 6.58. The zero-order valence-corrected chi connectivity index (χ0v) is 23.9. The van der Waals surface area contributed by atoms with E-state index in [1.54, 1.807) is 19.2 Å². The van der Waals surface area contributed by atoms with Crippen LogP contribution in [0.4, 0.5) is 22.7 Å². The Morgan fingerprint density at radius 1 is 1.02 bits per heavy atom. The summed E-state index contributed by atoms with van der Waals surface area (Å²) < 4.78 is 11.2. The van der Waals surface area contributed by atoms with E-state index in [-0.39, 0.29) is 28.3 Å². The molecule has 220 valence electrons. The van der Waals surface area contributed by atoms with Crippen molar-refractivity contribution in [3.63, 3.8) is 0 Å². The molecule has 0 saturated carbocycles. The fourth-order valence-electron chi connectivity index (χ4n) is 5.25. The number of benzene rings is 3. The second-order valence-corrected chi connectivity index (χ2v) is 10.5. The summed E-state index contributed by atoms with van der Waals surface area (Å²) in [5.74, 6) is -0.0178. The van der Waals surface area contributed by atoms with Crippen molar-refractivity contribution in [3.05, 3.63) is 86.9 Å². The number of piperazine rings is 1. The quantitative estimate of drug-likeness (QED) is 0.269. The first kappa shape index (κ1) is 29.2. The van der Waals surface area contributed by atoms with Gasteiger partial charge in [-0.3, -0.25) is 19.7 Å². The van der Waals surface area contributed by atoms with Crippen molar-refractivity contribution < 1.29 is 24.0 Å². The zero-order chi connectivity index (χ0) is 29.6. The highest BCUT2D eigenvalue weighted by atomic mass is 35.5. The highest BCUT2D eigenvalue weighted by Gasteiger charge is 2.25. The van der Waals surface area contributed by atoms with E-state index in [2.05, 4.69) is 20.4 Å². The van der Waals surface area contributed by atoms with Gasteiger partial charge < -0.3 is 29.9 Å². The van der Waals surface area contributed by atoms with Gasteiger partial charge in [-0.1, -0.05) is 23.7 Å². The monoisotopic (exact) mass is 593 g/mol. The molecule has 2 heterocycles. The van der Waals surface area contributed by atoms with E-state index in [4.69, 9.17) is 21.1 Å². The molecule has 11 nitrogen and oxygen atoms in total. The number of carbonyl (C=O) groups is 2. The Bertz CT molecular complexity index is 1470. The van der Waals surface area contributed by atoms with Crippen LogP contribution in [-0.2, 0) is 4.74 Å². The molecule has 12 heteroatoms. The minimum Gasteiger partial charge on any atom is -0.495 e. The maximum Gasteiger partial charge on any atom is 0.288 e. The normalized spacial score (nSPS) is 16.7. The van der Waals surface area contributed by atoms with Gasteiger partial charge in [0, 0.05) is 62.3 Å². The van der Waals surface area contributed by atoms with Gasteiger partial charge in [-0.2, -0.15) is 0 Å². The first-order valence-corrected chi connectivity index (χ1v) is 14.1. The second-order valence-electron chi connectivity index (χ2n) is 10.1. The number of carbonyl (C=O) groups excluding carboxylic acids is 2. The Labute approximate surface area is 248 Å². The van der Waals surface area contributed by atoms with Gasteiger partial charge in [0.2, 0.25) is 0 Å². The van der Waals surface area contributed by atoms with Crippen molar-refractivity contribution >= 4 is 46.2 Å². The van der Waals surface area contributed by atoms with Crippen LogP contribution >= 0.6 is 11.6 Å². The molecule has 2 saturated heterocycles. The van der Waals surface area contributed by atoms with Crippen LogP contribution in [0.2, 0.25) is 5.02 Å². The molecule has 1 unspecified atom stereocenters. The predicted molar refractivity (Wildman–Crippen MR) is 161 cm³/mol. The standard InChI is InChI=1S/C30H32ClN5O6/c1-41-28-7-3-2-6-26(28)35-14-12-34(13-15-35)25-11-9-21(18-23(25)30(38)32-19-22-5-4-16-42-22)33-29(37)20-8-10-24(31)27(17-20)36(39)40/h2-3,6-11,17-18,22H,4-5,12-16,19H2,1H3,(H,32,38)(H,33,37). The molecule has 2 fully saturated rings. The molecule has 1 atom stereocenters. The molecular formula is C30H32ClN5O6. The lowest BCUT2D eigenvalue weighted by molar-refractivity contribution is -0.384. The summed E-state index contributed by atoms with van der Waals surface area (Å²) in [4.78, 5) is 41.5. The van der Waals surface area contributed by atoms with Gasteiger partial charge in [0.05, 0.1) is 29.4 Å². The number of nitro benzene ring substituents is 1. The largest absolute Gasteiger partial charge is 0.495 e. The number of ether oxygens (including phenoxy) is 2. The molecule has 2 amide bonds. The molecule has 3 aromatic carbocycles. The maximum absolute atomic E-state index is 13.5. The smallest absolute Gasteiger partial charge is 0.288 e. The topological polar surface area (TPSA) is 126 Å². The van der Waals surface area contributed by atoms with Crippen LogP contribution in [0.5, 0.6) is 5.75 Å². The lowest BCUT2D eigenvalue weighted by Crippen LogP contribution is -2.47. The number of methoxy groups -OCH3 is 1. The maximum atomic E-state index is 13.5. The Hall–Kier alpha value is -4.35. The zero-order valence-electron chi connectivity index (χ0n) is 23.2. The number of hydrogen-bond donors (Lipinski definition) is 2. The highest BCUT2D eigenvalue weighted by molar-refractivity contribution is 6.32. The number of amides is 2. The van der Waals surface area contributed by atoms with Crippen LogP contribution < -0.4 is 25.2 Å². The lowest BCUT2D eigenvalue weighted by atomic mass is 10.1. The van der Waals surface area contributed by atoms with E-state index in [9.17, 15) is 19.7 Å². The molecule has 42 heavy (non-hydrogen) atoms. The van der Waals surface area contributed by atoms with Crippen LogP contribution in [-0.4, -0.2) is 69.3 Å². The molecule has 2 aliphatic rings. The van der Waals surface area contributed by atoms with Crippen molar-refractivity contribution in [1.82, 2.24) is 5.32 Å². The lowest BCUT2D eigenvalue weighted by Gasteiger charge is -2.38. The van der Waals surface area contributed by atoms with E-state index in [0.717, 1.165) is 49.1 Å². The Morgan fingerprint density at radius 2 is 1.76 bits per heavy atom. The Morgan fingerprint density at radius 3 is 2.45 bits per heavy atom. The Balaban J connectivity index is 1.36. The van der Waals surface area contributed by atoms with Gasteiger partial charge in [-0.15, -0.1) is 0 Å². The SMILES string of the molecule is COc1ccccc1N1CCN(c2ccc(NC(=O)c3ccc(Cl)c([N+](=O)[O-])c3)cc2C(=O)NCC2CCCO2)CC1. The van der Waals surface area contributed by atoms with Crippen molar-refractivity contribution in [1.29, 1.82) is 0 Å². The first-order chi connectivity index (χ1) is 20.3. The summed E-state index contributed by atoms with van der Waals surface area (Å²) in [5.41, 5.74) is 2.29. The minimum atomic E-state index is -0.641. The molecule has 0 aromatic heterocycles. The average Bonchev–Trinajstić information content (AvgIpc) is 3.54. The van der Waals surface area contributed by atoms with Gasteiger partial charge in [0.15, 0.2) is 0 Å². The molecule has 0 radical (unpaired) electrons. The summed E-state index contributed by atoms with van der Waals surface area (Å²) in [6.45, 7) is 3.88. The third-order valence-corrected chi connectivity index (χ3v) is 7.78. The molecule has 0 aliphatic carbocycles. The van der Waals surface area contributed by atoms with Gasteiger partial charge in [0.25, 0.3) is 17.5 Å². The van der Waals surface area contributed by atoms with Crippen molar-refractivity contribution in [2.45, 2.75) is 18.9 Å². The van der Waals surface area contributed by atoms with Gasteiger partial charge in [-0.05, 0) is 55.3 Å². The summed E-state index contributed by atoms with van der Waals surface area (Å²) in [6, 6.07) is 16.9. The molecular weight excluding hydrogens is 562 g/mol.